The average molecular weight is 254 g/mol. The van der Waals surface area contributed by atoms with E-state index in [4.69, 9.17) is 0 Å². The fraction of sp³-hybridized carbons (Fsp3) is 0.667. The molecule has 1 fully saturated rings. The Bertz CT molecular complexity index is 392. The smallest absolute Gasteiger partial charge is 0.310 e. The van der Waals surface area contributed by atoms with E-state index in [0.717, 1.165) is 18.0 Å². The summed E-state index contributed by atoms with van der Waals surface area (Å²) >= 11 is 1.21. The minimum Gasteiger partial charge on any atom is -0.310 e. The van der Waals surface area contributed by atoms with E-state index < -0.39 is 0 Å². The van der Waals surface area contributed by atoms with E-state index in [2.05, 4.69) is 12.2 Å². The predicted molar refractivity (Wildman–Crippen MR) is 69.2 cm³/mol. The third-order valence-electron chi connectivity index (χ3n) is 3.50. The van der Waals surface area contributed by atoms with Gasteiger partial charge in [-0.1, -0.05) is 31.1 Å². The van der Waals surface area contributed by atoms with Crippen LogP contribution in [0.1, 0.15) is 38.2 Å². The van der Waals surface area contributed by atoms with Crippen LogP contribution in [0.5, 0.6) is 0 Å². The van der Waals surface area contributed by atoms with Gasteiger partial charge < -0.3 is 5.32 Å². The Morgan fingerprint density at radius 3 is 2.94 bits per heavy atom. The van der Waals surface area contributed by atoms with Crippen molar-refractivity contribution in [3.8, 4) is 0 Å². The summed E-state index contributed by atoms with van der Waals surface area (Å²) in [6.45, 7) is 3.03. The van der Waals surface area contributed by atoms with E-state index in [-0.39, 0.29) is 9.92 Å². The summed E-state index contributed by atoms with van der Waals surface area (Å²) in [4.78, 5) is 10.2. The van der Waals surface area contributed by atoms with Crippen molar-refractivity contribution in [3.05, 3.63) is 27.1 Å². The van der Waals surface area contributed by atoms with E-state index in [1.165, 1.54) is 37.0 Å². The highest BCUT2D eigenvalue weighted by molar-refractivity contribution is 7.13. The Balaban J connectivity index is 1.86. The molecule has 0 saturated heterocycles. The summed E-state index contributed by atoms with van der Waals surface area (Å²) in [5.41, 5.74) is 1.03. The Morgan fingerprint density at radius 1 is 1.53 bits per heavy atom. The molecule has 5 heteroatoms. The van der Waals surface area contributed by atoms with Crippen LogP contribution in [0.25, 0.3) is 0 Å². The van der Waals surface area contributed by atoms with Crippen LogP contribution in [-0.2, 0) is 6.54 Å². The quantitative estimate of drug-likeness (QED) is 0.662. The van der Waals surface area contributed by atoms with Crippen molar-refractivity contribution < 1.29 is 4.92 Å². The number of rotatable bonds is 4. The van der Waals surface area contributed by atoms with Crippen LogP contribution in [0.3, 0.4) is 0 Å². The van der Waals surface area contributed by atoms with Gasteiger partial charge >= 0.3 is 5.00 Å². The molecule has 4 nitrogen and oxygen atoms in total. The fourth-order valence-corrected chi connectivity index (χ4v) is 3.15. The van der Waals surface area contributed by atoms with Crippen LogP contribution in [0, 0.1) is 16.0 Å². The highest BCUT2D eigenvalue weighted by atomic mass is 32.1. The molecule has 94 valence electrons. The van der Waals surface area contributed by atoms with E-state index in [9.17, 15) is 10.1 Å². The SMILES string of the molecule is CC1CCCCC1NCc1csc([N+](=O)[O-])c1. The molecular weight excluding hydrogens is 236 g/mol. The molecular formula is C12H18N2O2S. The zero-order valence-corrected chi connectivity index (χ0v) is 10.8. The van der Waals surface area contributed by atoms with E-state index in [0.29, 0.717) is 6.04 Å². The van der Waals surface area contributed by atoms with Crippen molar-refractivity contribution in [2.75, 3.05) is 0 Å². The molecule has 2 unspecified atom stereocenters. The second-order valence-corrected chi connectivity index (χ2v) is 5.69. The fourth-order valence-electron chi connectivity index (χ4n) is 2.42. The molecule has 0 aromatic carbocycles. The van der Waals surface area contributed by atoms with Gasteiger partial charge in [-0.3, -0.25) is 10.1 Å². The van der Waals surface area contributed by atoms with Crippen LogP contribution in [0.15, 0.2) is 11.4 Å². The van der Waals surface area contributed by atoms with Gasteiger partial charge in [0.1, 0.15) is 0 Å². The average Bonchev–Trinajstić information content (AvgIpc) is 2.77. The zero-order valence-electron chi connectivity index (χ0n) is 10.0. The molecule has 0 radical (unpaired) electrons. The number of nitro groups is 1. The molecule has 0 spiro atoms. The standard InChI is InChI=1S/C12H18N2O2S/c1-9-4-2-3-5-11(9)13-7-10-6-12(14(15)16)17-8-10/h6,8-9,11,13H,2-5,7H2,1H3. The maximum absolute atomic E-state index is 10.6. The second kappa shape index (κ2) is 5.60. The molecule has 0 aliphatic heterocycles. The lowest BCUT2D eigenvalue weighted by Gasteiger charge is -2.29. The molecule has 1 saturated carbocycles. The maximum Gasteiger partial charge on any atom is 0.324 e. The van der Waals surface area contributed by atoms with Gasteiger partial charge in [0.05, 0.1) is 4.92 Å². The zero-order chi connectivity index (χ0) is 12.3. The van der Waals surface area contributed by atoms with Crippen LogP contribution in [-0.4, -0.2) is 11.0 Å². The first-order valence-corrected chi connectivity index (χ1v) is 7.00. The van der Waals surface area contributed by atoms with Crippen LogP contribution >= 0.6 is 11.3 Å². The van der Waals surface area contributed by atoms with Crippen LogP contribution < -0.4 is 5.32 Å². The topological polar surface area (TPSA) is 55.2 Å². The van der Waals surface area contributed by atoms with Crippen molar-refractivity contribution in [3.63, 3.8) is 0 Å². The van der Waals surface area contributed by atoms with Gasteiger partial charge in [0.15, 0.2) is 0 Å². The lowest BCUT2D eigenvalue weighted by Crippen LogP contribution is -2.36. The third-order valence-corrected chi connectivity index (χ3v) is 4.43. The minimum atomic E-state index is -0.322. The molecule has 1 aliphatic carbocycles. The second-order valence-electron chi connectivity index (χ2n) is 4.80. The van der Waals surface area contributed by atoms with E-state index in [1.807, 2.05) is 5.38 Å². The number of nitrogens with zero attached hydrogens (tertiary/aromatic N) is 1. The first-order chi connectivity index (χ1) is 8.16. The summed E-state index contributed by atoms with van der Waals surface area (Å²) in [6, 6.07) is 2.24. The normalized spacial score (nSPS) is 24.8. The molecule has 1 aromatic rings. The summed E-state index contributed by atoms with van der Waals surface area (Å²) < 4.78 is 0. The van der Waals surface area contributed by atoms with Gasteiger partial charge in [0.2, 0.25) is 0 Å². The first-order valence-electron chi connectivity index (χ1n) is 6.12. The molecule has 1 N–H and O–H groups in total. The summed E-state index contributed by atoms with van der Waals surface area (Å²) in [7, 11) is 0. The van der Waals surface area contributed by atoms with Crippen molar-refractivity contribution in [1.29, 1.82) is 0 Å². The maximum atomic E-state index is 10.6. The number of hydrogen-bond acceptors (Lipinski definition) is 4. The third kappa shape index (κ3) is 3.26. The number of hydrogen-bond donors (Lipinski definition) is 1. The Hall–Kier alpha value is -0.940. The molecule has 1 aromatic heterocycles. The van der Waals surface area contributed by atoms with Gasteiger partial charge in [0, 0.05) is 24.0 Å². The van der Waals surface area contributed by atoms with E-state index >= 15 is 0 Å². The monoisotopic (exact) mass is 254 g/mol. The van der Waals surface area contributed by atoms with Crippen molar-refractivity contribution in [2.45, 2.75) is 45.2 Å². The number of thiophene rings is 1. The molecule has 2 atom stereocenters. The number of nitrogens with one attached hydrogen (secondary N) is 1. The van der Waals surface area contributed by atoms with Gasteiger partial charge in [0.25, 0.3) is 0 Å². The molecule has 0 bridgehead atoms. The summed E-state index contributed by atoms with van der Waals surface area (Å²) in [6.07, 6.45) is 5.16. The van der Waals surface area contributed by atoms with Crippen molar-refractivity contribution >= 4 is 16.3 Å². The highest BCUT2D eigenvalue weighted by Crippen LogP contribution is 2.25. The van der Waals surface area contributed by atoms with Gasteiger partial charge in [-0.2, -0.15) is 0 Å². The largest absolute Gasteiger partial charge is 0.324 e. The lowest BCUT2D eigenvalue weighted by atomic mass is 9.86. The Morgan fingerprint density at radius 2 is 2.29 bits per heavy atom. The van der Waals surface area contributed by atoms with Gasteiger partial charge in [-0.15, -0.1) is 0 Å². The minimum absolute atomic E-state index is 0.235. The Kier molecular flexibility index (Phi) is 4.12. The van der Waals surface area contributed by atoms with Gasteiger partial charge in [-0.05, 0) is 24.3 Å². The molecule has 2 rings (SSSR count). The summed E-state index contributed by atoms with van der Waals surface area (Å²) in [5, 5.41) is 16.2. The van der Waals surface area contributed by atoms with Crippen LogP contribution in [0.2, 0.25) is 0 Å². The lowest BCUT2D eigenvalue weighted by molar-refractivity contribution is -0.380. The van der Waals surface area contributed by atoms with Crippen molar-refractivity contribution in [2.24, 2.45) is 5.92 Å². The highest BCUT2D eigenvalue weighted by Gasteiger charge is 2.20. The summed E-state index contributed by atoms with van der Waals surface area (Å²) in [5.74, 6) is 0.720. The van der Waals surface area contributed by atoms with Crippen molar-refractivity contribution in [1.82, 2.24) is 5.32 Å². The van der Waals surface area contributed by atoms with E-state index in [1.54, 1.807) is 6.07 Å². The molecule has 0 amide bonds. The Labute approximate surface area is 105 Å². The first kappa shape index (κ1) is 12.5. The van der Waals surface area contributed by atoms with Crippen LogP contribution in [0.4, 0.5) is 5.00 Å². The molecule has 1 heterocycles. The predicted octanol–water partition coefficient (Wildman–Crippen LogP) is 3.32. The van der Waals surface area contributed by atoms with Gasteiger partial charge in [-0.25, -0.2) is 0 Å². The molecule has 1 aliphatic rings. The molecule has 17 heavy (non-hydrogen) atoms.